The monoisotopic (exact) mass is 528 g/mol. The van der Waals surface area contributed by atoms with E-state index in [1.54, 1.807) is 18.2 Å². The molecule has 3 fully saturated rings. The maximum absolute atomic E-state index is 11.2. The van der Waals surface area contributed by atoms with Crippen molar-refractivity contribution in [2.75, 3.05) is 39.6 Å². The van der Waals surface area contributed by atoms with E-state index in [1.165, 1.54) is 0 Å². The van der Waals surface area contributed by atoms with Gasteiger partial charge in [-0.05, 0) is 35.4 Å². The lowest BCUT2D eigenvalue weighted by Gasteiger charge is -2.14. The largest absolute Gasteiger partial charge is 0.508 e. The van der Waals surface area contributed by atoms with Gasteiger partial charge in [0.2, 0.25) is 0 Å². The molecule has 200 valence electrons. The normalized spacial score (nSPS) is 22.2. The van der Waals surface area contributed by atoms with Crippen molar-refractivity contribution in [3.05, 3.63) is 53.6 Å². The Bertz CT molecular complexity index is 1140. The van der Waals surface area contributed by atoms with Crippen molar-refractivity contribution in [1.29, 1.82) is 0 Å². The molecule has 3 saturated heterocycles. The van der Waals surface area contributed by atoms with Crippen LogP contribution in [0, 0.1) is 0 Å². The lowest BCUT2D eigenvalue weighted by Crippen LogP contribution is -2.21. The first-order valence-corrected chi connectivity index (χ1v) is 11.8. The molecule has 2 aromatic rings. The van der Waals surface area contributed by atoms with Gasteiger partial charge in [-0.15, -0.1) is 0 Å². The third-order valence-corrected chi connectivity index (χ3v) is 5.51. The molecule has 3 aliphatic rings. The van der Waals surface area contributed by atoms with Gasteiger partial charge in [0.15, 0.2) is 18.3 Å². The van der Waals surface area contributed by atoms with Crippen LogP contribution in [0.5, 0.6) is 17.2 Å². The number of ether oxygens (including phenoxy) is 9. The summed E-state index contributed by atoms with van der Waals surface area (Å²) >= 11 is 0. The zero-order valence-corrected chi connectivity index (χ0v) is 20.1. The van der Waals surface area contributed by atoms with Gasteiger partial charge in [-0.3, -0.25) is 0 Å². The second-order valence-electron chi connectivity index (χ2n) is 8.48. The number of hydrogen-bond donors (Lipinski definition) is 0. The van der Waals surface area contributed by atoms with Crippen molar-refractivity contribution in [3.63, 3.8) is 0 Å². The summed E-state index contributed by atoms with van der Waals surface area (Å²) in [4.78, 5) is 33.3. The topological polar surface area (TPSA) is 134 Å². The van der Waals surface area contributed by atoms with E-state index in [9.17, 15) is 14.4 Å². The van der Waals surface area contributed by atoms with Crippen LogP contribution in [0.2, 0.25) is 0 Å². The Labute approximate surface area is 216 Å². The minimum absolute atomic E-state index is 0.111. The molecular weight excluding hydrogens is 504 g/mol. The molecule has 38 heavy (non-hydrogen) atoms. The second-order valence-corrected chi connectivity index (χ2v) is 8.48. The van der Waals surface area contributed by atoms with E-state index in [0.717, 1.165) is 11.1 Å². The summed E-state index contributed by atoms with van der Waals surface area (Å²) in [5, 5.41) is 0. The van der Waals surface area contributed by atoms with E-state index in [0.29, 0.717) is 17.2 Å². The van der Waals surface area contributed by atoms with Crippen LogP contribution in [-0.4, -0.2) is 76.4 Å². The first kappa shape index (κ1) is 25.1. The summed E-state index contributed by atoms with van der Waals surface area (Å²) in [7, 11) is 0. The number of hydrogen-bond acceptors (Lipinski definition) is 12. The van der Waals surface area contributed by atoms with Crippen molar-refractivity contribution in [1.82, 2.24) is 0 Å². The van der Waals surface area contributed by atoms with E-state index >= 15 is 0 Å². The maximum atomic E-state index is 11.2. The van der Waals surface area contributed by atoms with Crippen molar-refractivity contribution < 1.29 is 57.0 Å². The van der Waals surface area contributed by atoms with Crippen LogP contribution in [0.15, 0.2) is 42.5 Å². The second kappa shape index (κ2) is 11.6. The van der Waals surface area contributed by atoms with E-state index in [4.69, 9.17) is 42.6 Å². The number of rotatable bonds is 11. The summed E-state index contributed by atoms with van der Waals surface area (Å²) in [6.07, 6.45) is 0.217. The summed E-state index contributed by atoms with van der Waals surface area (Å²) in [5.41, 5.74) is 1.69. The number of carbonyl (C=O) groups is 3. The molecule has 12 heteroatoms. The highest BCUT2D eigenvalue weighted by Crippen LogP contribution is 2.26. The van der Waals surface area contributed by atoms with Gasteiger partial charge in [-0.1, -0.05) is 24.3 Å². The zero-order valence-electron chi connectivity index (χ0n) is 20.1. The number of cyclic esters (lactones) is 6. The Morgan fingerprint density at radius 3 is 1.42 bits per heavy atom. The van der Waals surface area contributed by atoms with Crippen molar-refractivity contribution in [2.24, 2.45) is 0 Å². The first-order chi connectivity index (χ1) is 18.5. The van der Waals surface area contributed by atoms with Crippen LogP contribution in [0.1, 0.15) is 11.1 Å². The van der Waals surface area contributed by atoms with Crippen LogP contribution in [0.3, 0.4) is 0 Å². The van der Waals surface area contributed by atoms with Gasteiger partial charge in [-0.2, -0.15) is 0 Å². The van der Waals surface area contributed by atoms with Crippen molar-refractivity contribution in [3.8, 4) is 17.2 Å². The highest BCUT2D eigenvalue weighted by Gasteiger charge is 2.27. The lowest BCUT2D eigenvalue weighted by atomic mass is 10.1. The minimum Gasteiger partial charge on any atom is -0.490 e. The molecule has 12 nitrogen and oxygen atoms in total. The van der Waals surface area contributed by atoms with E-state index < -0.39 is 36.8 Å². The van der Waals surface area contributed by atoms with Gasteiger partial charge < -0.3 is 42.6 Å². The zero-order chi connectivity index (χ0) is 26.3. The molecule has 0 amide bonds. The standard InChI is InChI=1S/C26H24O12/c27-24-33-13-21(36-24)10-30-18-5-3-16(4-6-18)1-2-17-7-19(31-11-22-14-34-25(28)37-22)9-20(8-17)32-12-23-15-35-26(29)38-23/h1-9,21-23H,10-15H2/b2-1+. The molecule has 0 aliphatic carbocycles. The Hall–Kier alpha value is -4.61. The molecule has 0 saturated carbocycles. The number of benzene rings is 2. The van der Waals surface area contributed by atoms with Crippen LogP contribution in [-0.2, 0) is 28.4 Å². The lowest BCUT2D eigenvalue weighted by molar-refractivity contribution is 0.0965. The van der Waals surface area contributed by atoms with Gasteiger partial charge in [0, 0.05) is 6.07 Å². The molecule has 2 aromatic carbocycles. The highest BCUT2D eigenvalue weighted by molar-refractivity contribution is 5.71. The van der Waals surface area contributed by atoms with Crippen LogP contribution in [0.25, 0.3) is 12.2 Å². The van der Waals surface area contributed by atoms with Gasteiger partial charge in [0.05, 0.1) is 0 Å². The van der Waals surface area contributed by atoms with E-state index in [-0.39, 0.29) is 39.6 Å². The fourth-order valence-corrected chi connectivity index (χ4v) is 3.63. The van der Waals surface area contributed by atoms with Crippen molar-refractivity contribution in [2.45, 2.75) is 18.3 Å². The Balaban J connectivity index is 1.22. The van der Waals surface area contributed by atoms with E-state index in [2.05, 4.69) is 0 Å². The molecule has 3 aliphatic heterocycles. The fourth-order valence-electron chi connectivity index (χ4n) is 3.63. The molecule has 0 bridgehead atoms. The molecule has 0 spiro atoms. The fraction of sp³-hybridized carbons (Fsp3) is 0.346. The number of carbonyl (C=O) groups excluding carboxylic acids is 3. The molecule has 3 unspecified atom stereocenters. The summed E-state index contributed by atoms with van der Waals surface area (Å²) in [5.74, 6) is 1.61. The first-order valence-electron chi connectivity index (χ1n) is 11.8. The molecule has 3 atom stereocenters. The van der Waals surface area contributed by atoms with Gasteiger partial charge in [0.1, 0.15) is 56.9 Å². The molecule has 0 aromatic heterocycles. The molecule has 3 heterocycles. The Kier molecular flexibility index (Phi) is 7.67. The average Bonchev–Trinajstić information content (AvgIpc) is 3.65. The molecular formula is C26H24O12. The van der Waals surface area contributed by atoms with Gasteiger partial charge in [-0.25, -0.2) is 14.4 Å². The third-order valence-electron chi connectivity index (χ3n) is 5.51. The SMILES string of the molecule is O=C1OCC(COc2ccc(/C=C/c3cc(OCC4COC(=O)O4)cc(OCC4COC(=O)O4)c3)cc2)O1. The smallest absolute Gasteiger partial charge is 0.490 e. The van der Waals surface area contributed by atoms with Gasteiger partial charge >= 0.3 is 18.5 Å². The highest BCUT2D eigenvalue weighted by atomic mass is 16.8. The summed E-state index contributed by atoms with van der Waals surface area (Å²) in [6.45, 7) is 0.838. The van der Waals surface area contributed by atoms with Crippen molar-refractivity contribution >= 4 is 30.6 Å². The maximum Gasteiger partial charge on any atom is 0.508 e. The van der Waals surface area contributed by atoms with Gasteiger partial charge in [0.25, 0.3) is 0 Å². The molecule has 0 radical (unpaired) electrons. The van der Waals surface area contributed by atoms with Crippen LogP contribution >= 0.6 is 0 Å². The Morgan fingerprint density at radius 1 is 0.579 bits per heavy atom. The third kappa shape index (κ3) is 6.99. The molecule has 5 rings (SSSR count). The summed E-state index contributed by atoms with van der Waals surface area (Å²) < 4.78 is 46.5. The quantitative estimate of drug-likeness (QED) is 0.240. The van der Waals surface area contributed by atoms with E-state index in [1.807, 2.05) is 36.4 Å². The van der Waals surface area contributed by atoms with Crippen LogP contribution in [0.4, 0.5) is 14.4 Å². The predicted octanol–water partition coefficient (Wildman–Crippen LogP) is 3.60. The summed E-state index contributed by atoms with van der Waals surface area (Å²) in [6, 6.07) is 12.7. The van der Waals surface area contributed by atoms with Crippen LogP contribution < -0.4 is 14.2 Å². The Morgan fingerprint density at radius 2 is 1.00 bits per heavy atom. The molecule has 0 N–H and O–H groups in total. The average molecular weight is 528 g/mol. The predicted molar refractivity (Wildman–Crippen MR) is 127 cm³/mol. The minimum atomic E-state index is -0.722.